The number of benzene rings is 2. The average Bonchev–Trinajstić information content (AvgIpc) is 3.53. The highest BCUT2D eigenvalue weighted by Gasteiger charge is 2.31. The van der Waals surface area contributed by atoms with Crippen LogP contribution in [-0.2, 0) is 17.5 Å². The van der Waals surface area contributed by atoms with Gasteiger partial charge in [0.05, 0.1) is 12.1 Å². The van der Waals surface area contributed by atoms with Crippen molar-refractivity contribution in [3.05, 3.63) is 65.5 Å². The Morgan fingerprint density at radius 1 is 1.00 bits per heavy atom. The molecule has 1 aromatic heterocycles. The molecule has 0 saturated carbocycles. The zero-order valence-corrected chi connectivity index (χ0v) is 19.4. The fraction of sp³-hybridized carbons (Fsp3) is 0.360. The van der Waals surface area contributed by atoms with E-state index >= 15 is 0 Å². The summed E-state index contributed by atoms with van der Waals surface area (Å²) in [7, 11) is 0. The minimum Gasteiger partial charge on any atom is -0.338 e. The Morgan fingerprint density at radius 2 is 1.78 bits per heavy atom. The highest BCUT2D eigenvalue weighted by Crippen LogP contribution is 2.31. The molecule has 2 aromatic carbocycles. The molecule has 2 saturated heterocycles. The summed E-state index contributed by atoms with van der Waals surface area (Å²) in [6.07, 6.45) is -3.10. The monoisotopic (exact) mass is 499 g/mol. The van der Waals surface area contributed by atoms with Crippen molar-refractivity contribution in [3.8, 4) is 11.4 Å². The van der Waals surface area contributed by atoms with Crippen LogP contribution in [0.15, 0.2) is 53.1 Å². The number of aromatic nitrogens is 2. The van der Waals surface area contributed by atoms with Gasteiger partial charge in [0.2, 0.25) is 17.6 Å². The molecule has 11 heteroatoms. The fourth-order valence-electron chi connectivity index (χ4n) is 4.48. The van der Waals surface area contributed by atoms with Crippen LogP contribution in [0.1, 0.15) is 34.7 Å². The molecule has 36 heavy (non-hydrogen) atoms. The molecule has 3 heterocycles. The van der Waals surface area contributed by atoms with E-state index in [0.717, 1.165) is 24.2 Å². The van der Waals surface area contributed by atoms with E-state index in [1.165, 1.54) is 12.1 Å². The summed E-state index contributed by atoms with van der Waals surface area (Å²) in [5.74, 6) is 0.379. The smallest absolute Gasteiger partial charge is 0.338 e. The quantitative estimate of drug-likeness (QED) is 0.531. The van der Waals surface area contributed by atoms with E-state index in [0.29, 0.717) is 57.1 Å². The van der Waals surface area contributed by atoms with Crippen molar-refractivity contribution in [1.29, 1.82) is 0 Å². The summed E-state index contributed by atoms with van der Waals surface area (Å²) in [4.78, 5) is 34.9. The largest absolute Gasteiger partial charge is 0.416 e. The normalized spacial score (nSPS) is 17.1. The number of nitrogens with zero attached hydrogens (tertiary/aromatic N) is 5. The van der Waals surface area contributed by atoms with Crippen molar-refractivity contribution >= 4 is 17.5 Å². The van der Waals surface area contributed by atoms with Gasteiger partial charge in [-0.05, 0) is 36.8 Å². The van der Waals surface area contributed by atoms with Crippen molar-refractivity contribution in [2.24, 2.45) is 0 Å². The summed E-state index contributed by atoms with van der Waals surface area (Å²) in [6, 6.07) is 12.0. The third-order valence-corrected chi connectivity index (χ3v) is 6.41. The standard InChI is InChI=1S/C25H24F3N5O3/c26-25(27,28)19-6-1-4-17(14-19)23-29-21(36-30-23)16-31-10-12-32(13-11-31)24(35)18-5-2-7-20(15-18)33-9-3-8-22(33)34/h1-2,4-7,14-15H,3,8-13,16H2. The van der Waals surface area contributed by atoms with Crippen molar-refractivity contribution in [3.63, 3.8) is 0 Å². The molecule has 188 valence electrons. The number of hydrogen-bond acceptors (Lipinski definition) is 6. The Morgan fingerprint density at radius 3 is 2.50 bits per heavy atom. The van der Waals surface area contributed by atoms with Gasteiger partial charge in [-0.15, -0.1) is 0 Å². The van der Waals surface area contributed by atoms with E-state index in [1.54, 1.807) is 28.0 Å². The molecule has 0 spiro atoms. The second kappa shape index (κ2) is 9.73. The van der Waals surface area contributed by atoms with Gasteiger partial charge in [0.25, 0.3) is 5.91 Å². The van der Waals surface area contributed by atoms with Gasteiger partial charge in [-0.25, -0.2) is 0 Å². The van der Waals surface area contributed by atoms with Gasteiger partial charge in [0, 0.05) is 56.0 Å². The fourth-order valence-corrected chi connectivity index (χ4v) is 4.48. The van der Waals surface area contributed by atoms with Gasteiger partial charge in [0.15, 0.2) is 0 Å². The maximum atomic E-state index is 13.1. The van der Waals surface area contributed by atoms with Gasteiger partial charge in [-0.3, -0.25) is 14.5 Å². The van der Waals surface area contributed by atoms with E-state index in [-0.39, 0.29) is 23.2 Å². The Kier molecular flexibility index (Phi) is 6.48. The van der Waals surface area contributed by atoms with E-state index in [4.69, 9.17) is 4.52 Å². The van der Waals surface area contributed by atoms with Gasteiger partial charge in [0.1, 0.15) is 0 Å². The zero-order chi connectivity index (χ0) is 25.3. The highest BCUT2D eigenvalue weighted by molar-refractivity contribution is 5.99. The summed E-state index contributed by atoms with van der Waals surface area (Å²) in [5.41, 5.74) is 0.746. The van der Waals surface area contributed by atoms with E-state index in [9.17, 15) is 22.8 Å². The van der Waals surface area contributed by atoms with E-state index in [1.807, 2.05) is 11.0 Å². The Bertz CT molecular complexity index is 1270. The first-order valence-corrected chi connectivity index (χ1v) is 11.7. The van der Waals surface area contributed by atoms with Gasteiger partial charge in [-0.1, -0.05) is 23.4 Å². The molecule has 8 nitrogen and oxygen atoms in total. The maximum Gasteiger partial charge on any atom is 0.416 e. The Hall–Kier alpha value is -3.73. The van der Waals surface area contributed by atoms with Crippen LogP contribution in [0.4, 0.5) is 18.9 Å². The second-order valence-electron chi connectivity index (χ2n) is 8.86. The number of alkyl halides is 3. The first-order chi connectivity index (χ1) is 17.3. The minimum atomic E-state index is -4.45. The lowest BCUT2D eigenvalue weighted by Crippen LogP contribution is -2.48. The summed E-state index contributed by atoms with van der Waals surface area (Å²) in [6.45, 7) is 3.16. The van der Waals surface area contributed by atoms with Crippen LogP contribution >= 0.6 is 0 Å². The summed E-state index contributed by atoms with van der Waals surface area (Å²) >= 11 is 0. The molecule has 2 amide bonds. The predicted molar refractivity (Wildman–Crippen MR) is 124 cm³/mol. The van der Waals surface area contributed by atoms with E-state index < -0.39 is 11.7 Å². The molecule has 2 aliphatic heterocycles. The lowest BCUT2D eigenvalue weighted by atomic mass is 10.1. The number of rotatable bonds is 5. The van der Waals surface area contributed by atoms with Gasteiger partial charge >= 0.3 is 6.18 Å². The molecule has 0 radical (unpaired) electrons. The predicted octanol–water partition coefficient (Wildman–Crippen LogP) is 3.84. The van der Waals surface area contributed by atoms with Crippen molar-refractivity contribution in [1.82, 2.24) is 19.9 Å². The topological polar surface area (TPSA) is 82.8 Å². The number of anilines is 1. The number of carbonyl (C=O) groups excluding carboxylic acids is 2. The average molecular weight is 499 g/mol. The van der Waals surface area contributed by atoms with Crippen molar-refractivity contribution < 1.29 is 27.3 Å². The Balaban J connectivity index is 1.18. The first-order valence-electron chi connectivity index (χ1n) is 11.7. The van der Waals surface area contributed by atoms with Crippen LogP contribution in [0.5, 0.6) is 0 Å². The molecule has 5 rings (SSSR count). The number of hydrogen-bond donors (Lipinski definition) is 0. The van der Waals surface area contributed by atoms with Gasteiger partial charge < -0.3 is 14.3 Å². The number of amides is 2. The highest BCUT2D eigenvalue weighted by atomic mass is 19.4. The SMILES string of the molecule is O=C(c1cccc(N2CCCC2=O)c1)N1CCN(Cc2nc(-c3cccc(C(F)(F)F)c3)no2)CC1. The lowest BCUT2D eigenvalue weighted by Gasteiger charge is -2.34. The Labute approximate surface area is 205 Å². The molecule has 0 N–H and O–H groups in total. The van der Waals surface area contributed by atoms with Crippen LogP contribution in [-0.4, -0.2) is 64.5 Å². The van der Waals surface area contributed by atoms with Gasteiger partial charge in [-0.2, -0.15) is 18.2 Å². The number of carbonyl (C=O) groups is 2. The molecular formula is C25H24F3N5O3. The molecule has 0 aliphatic carbocycles. The minimum absolute atomic E-state index is 0.0745. The number of piperazine rings is 1. The zero-order valence-electron chi connectivity index (χ0n) is 19.4. The van der Waals surface area contributed by atoms with Crippen LogP contribution in [0.25, 0.3) is 11.4 Å². The molecule has 2 fully saturated rings. The second-order valence-corrected chi connectivity index (χ2v) is 8.86. The van der Waals surface area contributed by atoms with Crippen molar-refractivity contribution in [2.75, 3.05) is 37.6 Å². The maximum absolute atomic E-state index is 13.1. The third kappa shape index (κ3) is 5.11. The summed E-state index contributed by atoms with van der Waals surface area (Å²) in [5, 5.41) is 3.83. The third-order valence-electron chi connectivity index (χ3n) is 6.41. The lowest BCUT2D eigenvalue weighted by molar-refractivity contribution is -0.137. The van der Waals surface area contributed by atoms with E-state index in [2.05, 4.69) is 10.1 Å². The molecule has 3 aromatic rings. The van der Waals surface area contributed by atoms with Crippen LogP contribution < -0.4 is 4.90 Å². The number of halogens is 3. The van der Waals surface area contributed by atoms with Crippen LogP contribution in [0.2, 0.25) is 0 Å². The molecule has 0 unspecified atom stereocenters. The molecule has 0 bridgehead atoms. The van der Waals surface area contributed by atoms with Crippen LogP contribution in [0, 0.1) is 0 Å². The summed E-state index contributed by atoms with van der Waals surface area (Å²) < 4.78 is 44.2. The molecule has 2 aliphatic rings. The first kappa shape index (κ1) is 24.0. The van der Waals surface area contributed by atoms with Crippen LogP contribution in [0.3, 0.4) is 0 Å². The van der Waals surface area contributed by atoms with Crippen molar-refractivity contribution in [2.45, 2.75) is 25.6 Å². The molecule has 0 atom stereocenters. The molecular weight excluding hydrogens is 475 g/mol.